The van der Waals surface area contributed by atoms with Crippen LogP contribution < -0.4 is 4.74 Å². The van der Waals surface area contributed by atoms with E-state index in [0.29, 0.717) is 10.9 Å². The fourth-order valence-corrected chi connectivity index (χ4v) is 4.85. The number of piperidine rings is 1. The predicted octanol–water partition coefficient (Wildman–Crippen LogP) is 3.93. The summed E-state index contributed by atoms with van der Waals surface area (Å²) in [5.41, 5.74) is 0.128. The quantitative estimate of drug-likeness (QED) is 0.395. The van der Waals surface area contributed by atoms with E-state index in [0.717, 1.165) is 31.1 Å². The van der Waals surface area contributed by atoms with Gasteiger partial charge in [0.25, 0.3) is 11.6 Å². The zero-order chi connectivity index (χ0) is 23.8. The molecule has 1 saturated heterocycles. The van der Waals surface area contributed by atoms with E-state index in [1.54, 1.807) is 18.2 Å². The highest BCUT2D eigenvalue weighted by Gasteiger charge is 2.37. The molecule has 0 spiro atoms. The minimum atomic E-state index is -0.563. The molecule has 0 bridgehead atoms. The van der Waals surface area contributed by atoms with Crippen LogP contribution in [0.2, 0.25) is 0 Å². The summed E-state index contributed by atoms with van der Waals surface area (Å²) >= 11 is 1.29. The third kappa shape index (κ3) is 3.96. The molecule has 0 saturated carbocycles. The maximum absolute atomic E-state index is 12.7. The highest BCUT2D eigenvalue weighted by atomic mass is 32.2. The van der Waals surface area contributed by atoms with Crippen LogP contribution in [0.25, 0.3) is 17.4 Å². The Labute approximate surface area is 198 Å². The van der Waals surface area contributed by atoms with Gasteiger partial charge in [-0.3, -0.25) is 20.3 Å². The Morgan fingerprint density at radius 2 is 2.00 bits per heavy atom. The van der Waals surface area contributed by atoms with Crippen LogP contribution in [0.5, 0.6) is 5.75 Å². The first-order chi connectivity index (χ1) is 16.4. The van der Waals surface area contributed by atoms with E-state index in [-0.39, 0.29) is 34.2 Å². The molecule has 2 aromatic rings. The summed E-state index contributed by atoms with van der Waals surface area (Å²) in [6.07, 6.45) is 4.76. The molecule has 3 aliphatic heterocycles. The van der Waals surface area contributed by atoms with Gasteiger partial charge in [-0.25, -0.2) is 0 Å². The Balaban J connectivity index is 1.42. The van der Waals surface area contributed by atoms with Gasteiger partial charge in [0.05, 0.1) is 29.2 Å². The largest absolute Gasteiger partial charge is 0.497 e. The highest BCUT2D eigenvalue weighted by molar-refractivity contribution is 8.26. The molecule has 11 nitrogen and oxygen atoms in total. The number of nitro groups is 1. The third-order valence-electron chi connectivity index (χ3n) is 5.65. The SMILES string of the molecule is COc1ccc(-c2ccc(/C=C3\C(=N)N4N=C(N5CCCCC5)SC4=NC3=O)o2)c([N+](=O)[O-])c1. The standard InChI is InChI=1S/C22H20N6O5S/c1-32-13-5-7-15(17(12-13)28(30)31)18-8-6-14(33-18)11-16-19(23)27-21(24-20(16)29)34-22(25-27)26-9-3-2-4-10-26/h5-8,11-12,23H,2-4,9-10H2,1H3/b16-11+,23-19?. The van der Waals surface area contributed by atoms with Gasteiger partial charge >= 0.3 is 0 Å². The Morgan fingerprint density at radius 1 is 1.21 bits per heavy atom. The van der Waals surface area contributed by atoms with E-state index >= 15 is 0 Å². The maximum Gasteiger partial charge on any atom is 0.284 e. The molecule has 5 rings (SSSR count). The van der Waals surface area contributed by atoms with Crippen molar-refractivity contribution in [3.63, 3.8) is 0 Å². The average molecular weight is 481 g/mol. The van der Waals surface area contributed by atoms with E-state index in [4.69, 9.17) is 14.6 Å². The van der Waals surface area contributed by atoms with Gasteiger partial charge in [0.15, 0.2) is 11.0 Å². The Hall–Kier alpha value is -3.93. The molecule has 1 N–H and O–H groups in total. The Bertz CT molecular complexity index is 1290. The number of ether oxygens (including phenoxy) is 1. The van der Waals surface area contributed by atoms with Crippen LogP contribution in [-0.2, 0) is 4.79 Å². The number of hydrogen-bond acceptors (Lipinski definition) is 9. The number of carbonyl (C=O) groups is 1. The second kappa shape index (κ2) is 8.78. The summed E-state index contributed by atoms with van der Waals surface area (Å²) in [5, 5.41) is 27.0. The molecule has 3 aliphatic rings. The second-order valence-corrected chi connectivity index (χ2v) is 8.73. The van der Waals surface area contributed by atoms with Gasteiger partial charge in [0.1, 0.15) is 17.3 Å². The van der Waals surface area contributed by atoms with Crippen LogP contribution in [-0.4, -0.2) is 57.1 Å². The number of nitro benzene ring substituents is 1. The molecule has 1 aromatic heterocycles. The van der Waals surface area contributed by atoms with Gasteiger partial charge < -0.3 is 14.1 Å². The Morgan fingerprint density at radius 3 is 2.74 bits per heavy atom. The number of carbonyl (C=O) groups excluding carboxylic acids is 1. The monoisotopic (exact) mass is 480 g/mol. The zero-order valence-corrected chi connectivity index (χ0v) is 19.0. The van der Waals surface area contributed by atoms with Crippen molar-refractivity contribution in [1.29, 1.82) is 5.41 Å². The number of methoxy groups -OCH3 is 1. The topological polar surface area (TPSA) is 138 Å². The van der Waals surface area contributed by atoms with Crippen LogP contribution in [0, 0.1) is 15.5 Å². The lowest BCUT2D eigenvalue weighted by molar-refractivity contribution is -0.384. The predicted molar refractivity (Wildman–Crippen MR) is 128 cm³/mol. The molecule has 1 fully saturated rings. The van der Waals surface area contributed by atoms with Crippen molar-refractivity contribution in [2.45, 2.75) is 19.3 Å². The number of thioether (sulfide) groups is 1. The fourth-order valence-electron chi connectivity index (χ4n) is 3.91. The smallest absolute Gasteiger partial charge is 0.284 e. The fraction of sp³-hybridized carbons (Fsp3) is 0.273. The number of fused-ring (bicyclic) bond motifs is 1. The summed E-state index contributed by atoms with van der Waals surface area (Å²) in [6, 6.07) is 7.61. The van der Waals surface area contributed by atoms with E-state index < -0.39 is 10.8 Å². The lowest BCUT2D eigenvalue weighted by atomic mass is 10.1. The summed E-state index contributed by atoms with van der Waals surface area (Å²) < 4.78 is 10.8. The molecule has 1 aromatic carbocycles. The normalized spacial score (nSPS) is 19.3. The lowest BCUT2D eigenvalue weighted by Gasteiger charge is -2.26. The molecule has 0 atom stereocenters. The average Bonchev–Trinajstić information content (AvgIpc) is 3.49. The number of nitrogens with one attached hydrogen (secondary N) is 1. The van der Waals surface area contributed by atoms with E-state index in [2.05, 4.69) is 15.0 Å². The molecule has 174 valence electrons. The van der Waals surface area contributed by atoms with Gasteiger partial charge in [0.2, 0.25) is 5.17 Å². The van der Waals surface area contributed by atoms with Crippen molar-refractivity contribution in [2.24, 2.45) is 10.1 Å². The van der Waals surface area contributed by atoms with Gasteiger partial charge in [0, 0.05) is 13.1 Å². The van der Waals surface area contributed by atoms with Crippen LogP contribution in [0.1, 0.15) is 25.0 Å². The van der Waals surface area contributed by atoms with E-state index in [1.165, 1.54) is 48.5 Å². The van der Waals surface area contributed by atoms with Crippen LogP contribution >= 0.6 is 11.8 Å². The number of amidine groups is 3. The second-order valence-electron chi connectivity index (χ2n) is 7.79. The van der Waals surface area contributed by atoms with Gasteiger partial charge in [-0.2, -0.15) is 10.0 Å². The first-order valence-corrected chi connectivity index (χ1v) is 11.4. The summed E-state index contributed by atoms with van der Waals surface area (Å²) in [7, 11) is 1.43. The van der Waals surface area contributed by atoms with Gasteiger partial charge in [-0.05, 0) is 61.4 Å². The molecule has 1 amide bonds. The summed E-state index contributed by atoms with van der Waals surface area (Å²) in [5.74, 6) is 0.212. The summed E-state index contributed by atoms with van der Waals surface area (Å²) in [4.78, 5) is 29.9. The number of aliphatic imine (C=N–C) groups is 1. The maximum atomic E-state index is 12.7. The number of amides is 1. The molecule has 0 radical (unpaired) electrons. The molecule has 0 unspecified atom stereocenters. The minimum Gasteiger partial charge on any atom is -0.497 e. The van der Waals surface area contributed by atoms with Crippen molar-refractivity contribution >= 4 is 45.6 Å². The number of nitrogens with zero attached hydrogens (tertiary/aromatic N) is 5. The van der Waals surface area contributed by atoms with Gasteiger partial charge in [-0.15, -0.1) is 5.10 Å². The lowest BCUT2D eigenvalue weighted by Crippen LogP contribution is -2.35. The number of furan rings is 1. The molecule has 4 heterocycles. The molecule has 12 heteroatoms. The molecular formula is C22H20N6O5S. The molecule has 34 heavy (non-hydrogen) atoms. The molecule has 0 aliphatic carbocycles. The van der Waals surface area contributed by atoms with Crippen LogP contribution in [0.15, 0.2) is 50.4 Å². The Kier molecular flexibility index (Phi) is 5.65. The van der Waals surface area contributed by atoms with Crippen molar-refractivity contribution in [3.8, 4) is 17.1 Å². The highest BCUT2D eigenvalue weighted by Crippen LogP contribution is 2.35. The number of hydrazone groups is 1. The van der Waals surface area contributed by atoms with Crippen LogP contribution in [0.3, 0.4) is 0 Å². The first-order valence-electron chi connectivity index (χ1n) is 10.6. The zero-order valence-electron chi connectivity index (χ0n) is 18.2. The van der Waals surface area contributed by atoms with E-state index in [9.17, 15) is 14.9 Å². The molecular weight excluding hydrogens is 460 g/mol. The number of likely N-dealkylation sites (tertiary alicyclic amines) is 1. The summed E-state index contributed by atoms with van der Waals surface area (Å²) in [6.45, 7) is 1.78. The van der Waals surface area contributed by atoms with Gasteiger partial charge in [-0.1, -0.05) is 0 Å². The van der Waals surface area contributed by atoms with Crippen molar-refractivity contribution in [1.82, 2.24) is 9.91 Å². The third-order valence-corrected chi connectivity index (χ3v) is 6.62. The van der Waals surface area contributed by atoms with Crippen LogP contribution in [0.4, 0.5) is 5.69 Å². The number of benzene rings is 1. The first kappa shape index (κ1) is 21.9. The van der Waals surface area contributed by atoms with Crippen molar-refractivity contribution in [3.05, 3.63) is 51.8 Å². The van der Waals surface area contributed by atoms with Crippen molar-refractivity contribution < 1.29 is 18.9 Å². The van der Waals surface area contributed by atoms with Crippen molar-refractivity contribution in [2.75, 3.05) is 20.2 Å². The minimum absolute atomic E-state index is 0.0260. The number of hydrogen-bond donors (Lipinski definition) is 1. The van der Waals surface area contributed by atoms with E-state index in [1.807, 2.05) is 0 Å². The number of rotatable bonds is 4.